The lowest BCUT2D eigenvalue weighted by molar-refractivity contribution is -0.00218. The second-order valence-corrected chi connectivity index (χ2v) is 4.26. The lowest BCUT2D eigenvalue weighted by atomic mass is 10.4. The molecule has 0 aliphatic rings. The van der Waals surface area contributed by atoms with Crippen LogP contribution in [-0.4, -0.2) is 66.4 Å². The Kier molecular flexibility index (Phi) is 17.6. The van der Waals surface area contributed by atoms with Crippen LogP contribution in [0.4, 0.5) is 0 Å². The summed E-state index contributed by atoms with van der Waals surface area (Å²) in [5.41, 5.74) is 0. The van der Waals surface area contributed by atoms with Crippen molar-refractivity contribution in [2.75, 3.05) is 66.4 Å². The Morgan fingerprint density at radius 3 is 1.47 bits per heavy atom. The first-order valence-corrected chi connectivity index (χ1v) is 7.37. The van der Waals surface area contributed by atoms with Gasteiger partial charge in [0, 0.05) is 13.2 Å². The van der Waals surface area contributed by atoms with Gasteiger partial charge in [-0.2, -0.15) is 0 Å². The minimum absolute atomic E-state index is 0.620. The van der Waals surface area contributed by atoms with Gasteiger partial charge in [0.25, 0.3) is 0 Å². The molecule has 0 heterocycles. The summed E-state index contributed by atoms with van der Waals surface area (Å²) in [7, 11) is 1.94. The van der Waals surface area contributed by atoms with E-state index in [1.807, 2.05) is 7.05 Å². The topological polar surface area (TPSA) is 49.0 Å². The van der Waals surface area contributed by atoms with Crippen LogP contribution in [0.1, 0.15) is 26.2 Å². The number of ether oxygens (including phenoxy) is 4. The van der Waals surface area contributed by atoms with Gasteiger partial charge in [-0.1, -0.05) is 13.3 Å². The Labute approximate surface area is 117 Å². The summed E-state index contributed by atoms with van der Waals surface area (Å²) in [5, 5.41) is 3.08. The van der Waals surface area contributed by atoms with Crippen molar-refractivity contribution in [2.24, 2.45) is 0 Å². The highest BCUT2D eigenvalue weighted by atomic mass is 16.6. The van der Waals surface area contributed by atoms with Crippen LogP contribution in [0.3, 0.4) is 0 Å². The zero-order valence-corrected chi connectivity index (χ0v) is 12.6. The van der Waals surface area contributed by atoms with Crippen LogP contribution >= 0.6 is 0 Å². The van der Waals surface area contributed by atoms with Gasteiger partial charge < -0.3 is 24.3 Å². The van der Waals surface area contributed by atoms with Gasteiger partial charge in [0.15, 0.2) is 0 Å². The maximum absolute atomic E-state index is 5.39. The summed E-state index contributed by atoms with van der Waals surface area (Å²) >= 11 is 0. The summed E-state index contributed by atoms with van der Waals surface area (Å²) in [6.07, 6.45) is 3.33. The number of nitrogens with one attached hydrogen (secondary N) is 1. The Hall–Kier alpha value is -0.200. The molecular weight excluding hydrogens is 246 g/mol. The predicted octanol–water partition coefficient (Wildman–Crippen LogP) is 1.46. The van der Waals surface area contributed by atoms with Crippen LogP contribution in [0.15, 0.2) is 0 Å². The highest BCUT2D eigenvalue weighted by Crippen LogP contribution is 1.88. The normalized spacial score (nSPS) is 11.1. The third-order valence-electron chi connectivity index (χ3n) is 2.47. The first kappa shape index (κ1) is 18.8. The molecule has 0 rings (SSSR count). The van der Waals surface area contributed by atoms with Crippen LogP contribution in [0.5, 0.6) is 0 Å². The van der Waals surface area contributed by atoms with Crippen LogP contribution in [0.25, 0.3) is 0 Å². The summed E-state index contributed by atoms with van der Waals surface area (Å²) in [5.74, 6) is 0. The third-order valence-corrected chi connectivity index (χ3v) is 2.47. The van der Waals surface area contributed by atoms with E-state index in [0.717, 1.165) is 32.6 Å². The van der Waals surface area contributed by atoms with Gasteiger partial charge in [0.2, 0.25) is 0 Å². The standard InChI is InChI=1S/C14H31NO4/c1-3-4-7-16-9-11-18-13-14-19-12-10-17-8-5-6-15-2/h15H,3-14H2,1-2H3. The molecule has 0 aliphatic heterocycles. The molecule has 0 saturated heterocycles. The van der Waals surface area contributed by atoms with Gasteiger partial charge in [-0.3, -0.25) is 0 Å². The molecule has 0 bridgehead atoms. The van der Waals surface area contributed by atoms with Crippen molar-refractivity contribution in [3.05, 3.63) is 0 Å². The molecule has 0 aromatic rings. The predicted molar refractivity (Wildman–Crippen MR) is 76.7 cm³/mol. The number of hydrogen-bond donors (Lipinski definition) is 1. The van der Waals surface area contributed by atoms with E-state index in [0.29, 0.717) is 39.6 Å². The van der Waals surface area contributed by atoms with Gasteiger partial charge >= 0.3 is 0 Å². The Balaban J connectivity index is 2.88. The van der Waals surface area contributed by atoms with E-state index in [1.165, 1.54) is 6.42 Å². The maximum atomic E-state index is 5.39. The van der Waals surface area contributed by atoms with E-state index in [1.54, 1.807) is 0 Å². The Bertz CT molecular complexity index is 142. The molecule has 0 amide bonds. The molecule has 0 radical (unpaired) electrons. The molecular formula is C14H31NO4. The maximum Gasteiger partial charge on any atom is 0.0701 e. The fourth-order valence-electron chi connectivity index (χ4n) is 1.36. The molecule has 0 aromatic heterocycles. The van der Waals surface area contributed by atoms with E-state index < -0.39 is 0 Å². The van der Waals surface area contributed by atoms with Crippen molar-refractivity contribution in [3.63, 3.8) is 0 Å². The molecule has 5 heteroatoms. The quantitative estimate of drug-likeness (QED) is 0.433. The molecule has 1 N–H and O–H groups in total. The highest BCUT2D eigenvalue weighted by molar-refractivity contribution is 4.40. The average molecular weight is 277 g/mol. The Morgan fingerprint density at radius 1 is 0.632 bits per heavy atom. The Morgan fingerprint density at radius 2 is 1.05 bits per heavy atom. The van der Waals surface area contributed by atoms with Crippen molar-refractivity contribution in [1.29, 1.82) is 0 Å². The van der Waals surface area contributed by atoms with E-state index in [-0.39, 0.29) is 0 Å². The van der Waals surface area contributed by atoms with E-state index in [9.17, 15) is 0 Å². The van der Waals surface area contributed by atoms with Crippen LogP contribution in [0.2, 0.25) is 0 Å². The summed E-state index contributed by atoms with van der Waals surface area (Å²) < 4.78 is 21.5. The number of hydrogen-bond acceptors (Lipinski definition) is 5. The van der Waals surface area contributed by atoms with Crippen LogP contribution < -0.4 is 5.32 Å². The minimum atomic E-state index is 0.620. The third kappa shape index (κ3) is 17.8. The lowest BCUT2D eigenvalue weighted by Gasteiger charge is -2.07. The molecule has 116 valence electrons. The molecule has 0 atom stereocenters. The fraction of sp³-hybridized carbons (Fsp3) is 1.00. The van der Waals surface area contributed by atoms with Gasteiger partial charge in [-0.25, -0.2) is 0 Å². The smallest absolute Gasteiger partial charge is 0.0701 e. The molecule has 0 fully saturated rings. The van der Waals surface area contributed by atoms with Gasteiger partial charge in [0.1, 0.15) is 0 Å². The lowest BCUT2D eigenvalue weighted by Crippen LogP contribution is -2.14. The van der Waals surface area contributed by atoms with Gasteiger partial charge in [-0.15, -0.1) is 0 Å². The van der Waals surface area contributed by atoms with Crippen LogP contribution in [0, 0.1) is 0 Å². The van der Waals surface area contributed by atoms with Crippen molar-refractivity contribution in [1.82, 2.24) is 5.32 Å². The molecule has 0 saturated carbocycles. The second-order valence-electron chi connectivity index (χ2n) is 4.26. The zero-order chi connectivity index (χ0) is 14.0. The first-order valence-electron chi connectivity index (χ1n) is 7.37. The summed E-state index contributed by atoms with van der Waals surface area (Å²) in [6, 6.07) is 0. The summed E-state index contributed by atoms with van der Waals surface area (Å²) in [4.78, 5) is 0. The zero-order valence-electron chi connectivity index (χ0n) is 12.6. The van der Waals surface area contributed by atoms with Crippen molar-refractivity contribution >= 4 is 0 Å². The van der Waals surface area contributed by atoms with Crippen molar-refractivity contribution in [3.8, 4) is 0 Å². The largest absolute Gasteiger partial charge is 0.379 e. The van der Waals surface area contributed by atoms with Crippen molar-refractivity contribution < 1.29 is 18.9 Å². The molecule has 0 aliphatic carbocycles. The SMILES string of the molecule is CCCCOCCOCCOCCOCCCNC. The minimum Gasteiger partial charge on any atom is -0.379 e. The van der Waals surface area contributed by atoms with Crippen LogP contribution in [-0.2, 0) is 18.9 Å². The molecule has 0 unspecified atom stereocenters. The molecule has 0 spiro atoms. The van der Waals surface area contributed by atoms with E-state index in [4.69, 9.17) is 18.9 Å². The highest BCUT2D eigenvalue weighted by Gasteiger charge is 1.92. The summed E-state index contributed by atoms with van der Waals surface area (Å²) in [6.45, 7) is 8.63. The van der Waals surface area contributed by atoms with E-state index in [2.05, 4.69) is 12.2 Å². The van der Waals surface area contributed by atoms with Crippen molar-refractivity contribution in [2.45, 2.75) is 26.2 Å². The number of unbranched alkanes of at least 4 members (excludes halogenated alkanes) is 1. The average Bonchev–Trinajstić information content (AvgIpc) is 2.43. The van der Waals surface area contributed by atoms with E-state index >= 15 is 0 Å². The monoisotopic (exact) mass is 277 g/mol. The van der Waals surface area contributed by atoms with Gasteiger partial charge in [0.05, 0.1) is 39.6 Å². The molecule has 19 heavy (non-hydrogen) atoms. The second kappa shape index (κ2) is 17.8. The molecule has 0 aromatic carbocycles. The number of rotatable bonds is 16. The first-order chi connectivity index (χ1) is 9.41. The van der Waals surface area contributed by atoms with Gasteiger partial charge in [-0.05, 0) is 26.4 Å². The molecule has 5 nitrogen and oxygen atoms in total. The fourth-order valence-corrected chi connectivity index (χ4v) is 1.36.